The minimum Gasteiger partial charge on any atom is -0.348 e. The maximum atomic E-state index is 12.0. The molecule has 0 aromatic heterocycles. The van der Waals surface area contributed by atoms with Gasteiger partial charge in [-0.3, -0.25) is 4.79 Å². The molecule has 0 unspecified atom stereocenters. The van der Waals surface area contributed by atoms with Crippen LogP contribution in [0.4, 0.5) is 0 Å². The van der Waals surface area contributed by atoms with Crippen molar-refractivity contribution in [2.75, 3.05) is 0 Å². The fourth-order valence-electron chi connectivity index (χ4n) is 1.56. The molecule has 19 heavy (non-hydrogen) atoms. The maximum Gasteiger partial charge on any atom is 0.253 e. The van der Waals surface area contributed by atoms with Crippen LogP contribution in [-0.2, 0) is 6.54 Å². The van der Waals surface area contributed by atoms with Crippen LogP contribution in [0.5, 0.6) is 0 Å². The van der Waals surface area contributed by atoms with Gasteiger partial charge in [0.2, 0.25) is 0 Å². The highest BCUT2D eigenvalue weighted by Crippen LogP contribution is 2.25. The van der Waals surface area contributed by atoms with Crippen LogP contribution in [0.25, 0.3) is 0 Å². The Labute approximate surface area is 133 Å². The summed E-state index contributed by atoms with van der Waals surface area (Å²) in [5.74, 6) is -0.186. The molecule has 0 radical (unpaired) electrons. The van der Waals surface area contributed by atoms with Crippen molar-refractivity contribution in [1.29, 1.82) is 0 Å². The third-order valence-corrected chi connectivity index (χ3v) is 4.39. The first-order chi connectivity index (χ1) is 9.08. The number of amides is 1. The molecule has 0 aliphatic rings. The highest BCUT2D eigenvalue weighted by molar-refractivity contribution is 9.10. The molecule has 0 bridgehead atoms. The normalized spacial score (nSPS) is 10.3. The average molecular weight is 404 g/mol. The Morgan fingerprint density at radius 1 is 1.11 bits per heavy atom. The molecule has 0 aliphatic carbocycles. The molecule has 1 amide bonds. The maximum absolute atomic E-state index is 12.0. The van der Waals surface area contributed by atoms with Gasteiger partial charge in [0.25, 0.3) is 5.91 Å². The van der Waals surface area contributed by atoms with Gasteiger partial charge in [-0.15, -0.1) is 0 Å². The molecule has 2 aromatic carbocycles. The van der Waals surface area contributed by atoms with E-state index in [1.807, 2.05) is 24.3 Å². The van der Waals surface area contributed by atoms with Crippen LogP contribution in [0.15, 0.2) is 51.4 Å². The zero-order chi connectivity index (χ0) is 13.8. The second kappa shape index (κ2) is 6.55. The van der Waals surface area contributed by atoms with Crippen molar-refractivity contribution in [2.45, 2.75) is 6.54 Å². The SMILES string of the molecule is O=C(NCc1ccc(Br)cc1)c1cccc(Br)c1Cl. The number of halogens is 3. The van der Waals surface area contributed by atoms with Crippen molar-refractivity contribution in [3.63, 3.8) is 0 Å². The Hall–Kier alpha value is -0.840. The van der Waals surface area contributed by atoms with Crippen LogP contribution in [-0.4, -0.2) is 5.91 Å². The minimum atomic E-state index is -0.186. The smallest absolute Gasteiger partial charge is 0.253 e. The van der Waals surface area contributed by atoms with Gasteiger partial charge in [0.1, 0.15) is 0 Å². The van der Waals surface area contributed by atoms with Gasteiger partial charge < -0.3 is 5.32 Å². The van der Waals surface area contributed by atoms with Gasteiger partial charge in [0.05, 0.1) is 10.6 Å². The summed E-state index contributed by atoms with van der Waals surface area (Å²) in [4.78, 5) is 12.0. The number of benzene rings is 2. The number of carbonyl (C=O) groups excluding carboxylic acids is 1. The van der Waals surface area contributed by atoms with Crippen LogP contribution in [0.3, 0.4) is 0 Å². The van der Waals surface area contributed by atoms with E-state index in [1.165, 1.54) is 0 Å². The van der Waals surface area contributed by atoms with E-state index in [-0.39, 0.29) is 5.91 Å². The predicted molar refractivity (Wildman–Crippen MR) is 84.5 cm³/mol. The topological polar surface area (TPSA) is 29.1 Å². The molecule has 2 aromatic rings. The molecule has 0 spiro atoms. The molecule has 0 aliphatic heterocycles. The van der Waals surface area contributed by atoms with Crippen LogP contribution < -0.4 is 5.32 Å². The molecule has 2 nitrogen and oxygen atoms in total. The summed E-state index contributed by atoms with van der Waals surface area (Å²) >= 11 is 12.7. The largest absolute Gasteiger partial charge is 0.348 e. The summed E-state index contributed by atoms with van der Waals surface area (Å²) in [7, 11) is 0. The molecule has 2 rings (SSSR count). The lowest BCUT2D eigenvalue weighted by molar-refractivity contribution is 0.0951. The Balaban J connectivity index is 2.05. The summed E-state index contributed by atoms with van der Waals surface area (Å²) in [5, 5.41) is 3.27. The molecule has 5 heteroatoms. The first kappa shape index (κ1) is 14.6. The number of nitrogens with one attached hydrogen (secondary N) is 1. The summed E-state index contributed by atoms with van der Waals surface area (Å²) in [6.07, 6.45) is 0. The van der Waals surface area contributed by atoms with E-state index >= 15 is 0 Å². The molecule has 0 heterocycles. The third kappa shape index (κ3) is 3.81. The van der Waals surface area contributed by atoms with E-state index in [2.05, 4.69) is 37.2 Å². The number of rotatable bonds is 3. The van der Waals surface area contributed by atoms with Gasteiger partial charge in [0.15, 0.2) is 0 Å². The zero-order valence-electron chi connectivity index (χ0n) is 9.79. The molecule has 0 fully saturated rings. The standard InChI is InChI=1S/C14H10Br2ClNO/c15-10-6-4-9(5-7-10)8-18-14(19)11-2-1-3-12(16)13(11)17/h1-7H,8H2,(H,18,19). The van der Waals surface area contributed by atoms with Crippen LogP contribution in [0.2, 0.25) is 5.02 Å². The van der Waals surface area contributed by atoms with Crippen molar-refractivity contribution >= 4 is 49.4 Å². The number of hydrogen-bond acceptors (Lipinski definition) is 1. The monoisotopic (exact) mass is 401 g/mol. The summed E-state index contributed by atoms with van der Waals surface area (Å²) in [5.41, 5.74) is 1.50. The lowest BCUT2D eigenvalue weighted by Gasteiger charge is -2.08. The van der Waals surface area contributed by atoms with E-state index in [0.717, 1.165) is 10.0 Å². The Morgan fingerprint density at radius 2 is 1.79 bits per heavy atom. The van der Waals surface area contributed by atoms with Crippen molar-refractivity contribution in [3.05, 3.63) is 67.6 Å². The van der Waals surface area contributed by atoms with E-state index in [0.29, 0.717) is 21.6 Å². The molecule has 0 saturated heterocycles. The number of hydrogen-bond donors (Lipinski definition) is 1. The first-order valence-corrected chi connectivity index (χ1v) is 7.51. The van der Waals surface area contributed by atoms with Crippen LogP contribution in [0, 0.1) is 0 Å². The van der Waals surface area contributed by atoms with Gasteiger partial charge >= 0.3 is 0 Å². The summed E-state index contributed by atoms with van der Waals surface area (Å²) in [6, 6.07) is 13.1. The van der Waals surface area contributed by atoms with Crippen LogP contribution >= 0.6 is 43.5 Å². The highest BCUT2D eigenvalue weighted by Gasteiger charge is 2.11. The van der Waals surface area contributed by atoms with Crippen molar-refractivity contribution in [1.82, 2.24) is 5.32 Å². The molecular formula is C14H10Br2ClNO. The Kier molecular flexibility index (Phi) is 5.02. The first-order valence-electron chi connectivity index (χ1n) is 5.54. The van der Waals surface area contributed by atoms with E-state index in [4.69, 9.17) is 11.6 Å². The van der Waals surface area contributed by atoms with Crippen molar-refractivity contribution in [2.24, 2.45) is 0 Å². The minimum absolute atomic E-state index is 0.186. The van der Waals surface area contributed by atoms with Crippen molar-refractivity contribution < 1.29 is 4.79 Å². The second-order valence-corrected chi connectivity index (χ2v) is 6.06. The molecule has 0 atom stereocenters. The average Bonchev–Trinajstić information content (AvgIpc) is 2.41. The van der Waals surface area contributed by atoms with E-state index in [1.54, 1.807) is 18.2 Å². The Morgan fingerprint density at radius 3 is 2.47 bits per heavy atom. The zero-order valence-corrected chi connectivity index (χ0v) is 13.7. The lowest BCUT2D eigenvalue weighted by Crippen LogP contribution is -2.23. The van der Waals surface area contributed by atoms with Gasteiger partial charge in [-0.05, 0) is 45.8 Å². The van der Waals surface area contributed by atoms with E-state index in [9.17, 15) is 4.79 Å². The van der Waals surface area contributed by atoms with Gasteiger partial charge in [-0.25, -0.2) is 0 Å². The van der Waals surface area contributed by atoms with Gasteiger partial charge in [0, 0.05) is 15.5 Å². The molecule has 0 saturated carbocycles. The highest BCUT2D eigenvalue weighted by atomic mass is 79.9. The van der Waals surface area contributed by atoms with E-state index < -0.39 is 0 Å². The number of carbonyl (C=O) groups is 1. The molecule has 1 N–H and O–H groups in total. The summed E-state index contributed by atoms with van der Waals surface area (Å²) in [6.45, 7) is 0.467. The quantitative estimate of drug-likeness (QED) is 0.784. The predicted octanol–water partition coefficient (Wildman–Crippen LogP) is 4.80. The fraction of sp³-hybridized carbons (Fsp3) is 0.0714. The van der Waals surface area contributed by atoms with Crippen LogP contribution in [0.1, 0.15) is 15.9 Å². The van der Waals surface area contributed by atoms with Gasteiger partial charge in [-0.1, -0.05) is 45.7 Å². The Bertz CT molecular complexity index is 599. The molecular weight excluding hydrogens is 393 g/mol. The third-order valence-electron chi connectivity index (χ3n) is 2.56. The molecule has 98 valence electrons. The fourth-order valence-corrected chi connectivity index (χ4v) is 2.40. The second-order valence-electron chi connectivity index (χ2n) is 3.91. The summed E-state index contributed by atoms with van der Waals surface area (Å²) < 4.78 is 1.73. The van der Waals surface area contributed by atoms with Gasteiger partial charge in [-0.2, -0.15) is 0 Å². The van der Waals surface area contributed by atoms with Crippen molar-refractivity contribution in [3.8, 4) is 0 Å². The lowest BCUT2D eigenvalue weighted by atomic mass is 10.2.